The third-order valence-electron chi connectivity index (χ3n) is 7.27. The van der Waals surface area contributed by atoms with E-state index in [1.165, 1.54) is 4.90 Å². The smallest absolute Gasteiger partial charge is 0.264 e. The molecule has 0 saturated heterocycles. The fourth-order valence-corrected chi connectivity index (χ4v) is 5.74. The van der Waals surface area contributed by atoms with Gasteiger partial charge < -0.3 is 10.2 Å². The van der Waals surface area contributed by atoms with Crippen molar-refractivity contribution in [2.75, 3.05) is 17.4 Å². The van der Waals surface area contributed by atoms with Gasteiger partial charge in [-0.2, -0.15) is 0 Å². The number of sulfonamides is 1. The molecule has 0 spiro atoms. The summed E-state index contributed by atoms with van der Waals surface area (Å²) in [7, 11) is -4.09. The zero-order valence-corrected chi connectivity index (χ0v) is 25.2. The van der Waals surface area contributed by atoms with Crippen LogP contribution in [0.5, 0.6) is 0 Å². The van der Waals surface area contributed by atoms with Gasteiger partial charge in [0, 0.05) is 13.1 Å². The Morgan fingerprint density at radius 2 is 1.55 bits per heavy atom. The first-order chi connectivity index (χ1) is 18.9. The molecule has 0 saturated carbocycles. The molecule has 0 aliphatic heterocycles. The van der Waals surface area contributed by atoms with Crippen molar-refractivity contribution in [2.24, 2.45) is 0 Å². The molecular formula is C32H41N3O4S. The molecule has 0 aromatic heterocycles. The number of nitrogens with zero attached hydrogens (tertiary/aromatic N) is 2. The molecule has 0 aliphatic carbocycles. The average Bonchev–Trinajstić information content (AvgIpc) is 2.92. The van der Waals surface area contributed by atoms with E-state index < -0.39 is 28.5 Å². The number of benzene rings is 3. The van der Waals surface area contributed by atoms with Gasteiger partial charge in [0.25, 0.3) is 10.0 Å². The Morgan fingerprint density at radius 1 is 0.875 bits per heavy atom. The van der Waals surface area contributed by atoms with Crippen molar-refractivity contribution < 1.29 is 18.0 Å². The molecule has 1 N–H and O–H groups in total. The first-order valence-electron chi connectivity index (χ1n) is 13.7. The third-order valence-corrected chi connectivity index (χ3v) is 9.05. The third kappa shape index (κ3) is 7.50. The maximum atomic E-state index is 14.0. The van der Waals surface area contributed by atoms with Crippen molar-refractivity contribution >= 4 is 27.5 Å². The Labute approximate surface area is 239 Å². The number of carbonyl (C=O) groups excluding carboxylic acids is 2. The molecule has 8 heteroatoms. The summed E-state index contributed by atoms with van der Waals surface area (Å²) in [4.78, 5) is 28.7. The van der Waals surface area contributed by atoms with Crippen molar-refractivity contribution in [2.45, 2.75) is 71.9 Å². The normalized spacial score (nSPS) is 12.1. The van der Waals surface area contributed by atoms with Crippen LogP contribution in [-0.2, 0) is 26.2 Å². The van der Waals surface area contributed by atoms with Crippen LogP contribution >= 0.6 is 0 Å². The molecule has 0 radical (unpaired) electrons. The molecule has 40 heavy (non-hydrogen) atoms. The molecule has 0 fully saturated rings. The number of aryl methyl sites for hydroxylation is 4. The highest BCUT2D eigenvalue weighted by Gasteiger charge is 2.32. The van der Waals surface area contributed by atoms with Crippen molar-refractivity contribution in [3.05, 3.63) is 94.5 Å². The quantitative estimate of drug-likeness (QED) is 0.297. The van der Waals surface area contributed by atoms with E-state index in [0.29, 0.717) is 12.2 Å². The second kappa shape index (κ2) is 13.6. The predicted octanol–water partition coefficient (Wildman–Crippen LogP) is 5.45. The zero-order valence-electron chi connectivity index (χ0n) is 24.4. The van der Waals surface area contributed by atoms with Gasteiger partial charge >= 0.3 is 0 Å². The van der Waals surface area contributed by atoms with Gasteiger partial charge in [0.2, 0.25) is 11.8 Å². The second-order valence-corrected chi connectivity index (χ2v) is 12.2. The van der Waals surface area contributed by atoms with Crippen LogP contribution in [0.25, 0.3) is 0 Å². The topological polar surface area (TPSA) is 86.8 Å². The molecule has 3 aromatic rings. The molecule has 1 atom stereocenters. The van der Waals surface area contributed by atoms with Gasteiger partial charge in [0.05, 0.1) is 10.6 Å². The molecule has 3 rings (SSSR count). The summed E-state index contributed by atoms with van der Waals surface area (Å²) in [5.41, 5.74) is 5.13. The highest BCUT2D eigenvalue weighted by atomic mass is 32.2. The van der Waals surface area contributed by atoms with E-state index in [4.69, 9.17) is 0 Å². The predicted molar refractivity (Wildman–Crippen MR) is 161 cm³/mol. The van der Waals surface area contributed by atoms with Gasteiger partial charge in [-0.3, -0.25) is 13.9 Å². The lowest BCUT2D eigenvalue weighted by molar-refractivity contribution is -0.139. The number of hydrogen-bond acceptors (Lipinski definition) is 4. The van der Waals surface area contributed by atoms with Gasteiger partial charge in [-0.15, -0.1) is 0 Å². The average molecular weight is 564 g/mol. The van der Waals surface area contributed by atoms with E-state index in [0.717, 1.165) is 45.0 Å². The number of rotatable bonds is 12. The first kappa shape index (κ1) is 30.9. The standard InChI is InChI=1S/C32H41N3O4S/c1-7-8-19-33-32(37)27(6)34(21-28-12-10-9-11-25(28)4)31(36)22-35(29-16-15-24(3)26(5)20-29)40(38,39)30-17-13-23(2)14-18-30/h9-18,20,27H,7-8,19,21-22H2,1-6H3,(H,33,37)/t27-/m1/s1. The minimum atomic E-state index is -4.09. The van der Waals surface area contributed by atoms with Crippen LogP contribution in [0.4, 0.5) is 5.69 Å². The summed E-state index contributed by atoms with van der Waals surface area (Å²) in [6, 6.07) is 18.8. The summed E-state index contributed by atoms with van der Waals surface area (Å²) in [5, 5.41) is 2.91. The first-order valence-corrected chi connectivity index (χ1v) is 15.2. The fourth-order valence-electron chi connectivity index (χ4n) is 4.34. The van der Waals surface area contributed by atoms with Gasteiger partial charge in [0.15, 0.2) is 0 Å². The van der Waals surface area contributed by atoms with Crippen LogP contribution in [0.2, 0.25) is 0 Å². The molecule has 3 aromatic carbocycles. The Kier molecular flexibility index (Phi) is 10.5. The van der Waals surface area contributed by atoms with Crippen LogP contribution in [0, 0.1) is 27.7 Å². The number of amides is 2. The minimum Gasteiger partial charge on any atom is -0.354 e. The summed E-state index contributed by atoms with van der Waals surface area (Å²) in [6.45, 7) is 11.7. The summed E-state index contributed by atoms with van der Waals surface area (Å²) < 4.78 is 29.1. The number of unbranched alkanes of at least 4 members (excludes halogenated alkanes) is 1. The molecule has 0 unspecified atom stereocenters. The van der Waals surface area contributed by atoms with E-state index in [1.807, 2.05) is 65.0 Å². The Bertz CT molecular complexity index is 1430. The maximum absolute atomic E-state index is 14.0. The highest BCUT2D eigenvalue weighted by molar-refractivity contribution is 7.92. The molecule has 0 aliphatic rings. The number of carbonyl (C=O) groups is 2. The zero-order chi connectivity index (χ0) is 29.4. The second-order valence-electron chi connectivity index (χ2n) is 10.4. The van der Waals surface area contributed by atoms with E-state index in [1.54, 1.807) is 43.3 Å². The van der Waals surface area contributed by atoms with Gasteiger partial charge in [-0.05, 0) is 87.6 Å². The van der Waals surface area contributed by atoms with Crippen molar-refractivity contribution in [3.63, 3.8) is 0 Å². The largest absolute Gasteiger partial charge is 0.354 e. The summed E-state index contributed by atoms with van der Waals surface area (Å²) >= 11 is 0. The fraction of sp³-hybridized carbons (Fsp3) is 0.375. The van der Waals surface area contributed by atoms with E-state index >= 15 is 0 Å². The Balaban J connectivity index is 2.03. The van der Waals surface area contributed by atoms with Crippen LogP contribution in [0.1, 0.15) is 54.5 Å². The van der Waals surface area contributed by atoms with Crippen molar-refractivity contribution in [1.29, 1.82) is 0 Å². The van der Waals surface area contributed by atoms with Crippen LogP contribution < -0.4 is 9.62 Å². The maximum Gasteiger partial charge on any atom is 0.264 e. The molecule has 7 nitrogen and oxygen atoms in total. The van der Waals surface area contributed by atoms with E-state index in [2.05, 4.69) is 5.32 Å². The SMILES string of the molecule is CCCCNC(=O)[C@@H](C)N(Cc1ccccc1C)C(=O)CN(c1ccc(C)c(C)c1)S(=O)(=O)c1ccc(C)cc1. The summed E-state index contributed by atoms with van der Waals surface area (Å²) in [5.74, 6) is -0.732. The van der Waals surface area contributed by atoms with Gasteiger partial charge in [0.1, 0.15) is 12.6 Å². The van der Waals surface area contributed by atoms with Gasteiger partial charge in [-0.25, -0.2) is 8.42 Å². The number of anilines is 1. The van der Waals surface area contributed by atoms with Gasteiger partial charge in [-0.1, -0.05) is 61.4 Å². The molecule has 214 valence electrons. The lowest BCUT2D eigenvalue weighted by atomic mass is 10.1. The number of hydrogen-bond donors (Lipinski definition) is 1. The number of nitrogens with one attached hydrogen (secondary N) is 1. The Hall–Kier alpha value is -3.65. The Morgan fingerprint density at radius 3 is 2.17 bits per heavy atom. The van der Waals surface area contributed by atoms with Crippen LogP contribution in [-0.4, -0.2) is 44.3 Å². The monoisotopic (exact) mass is 563 g/mol. The summed E-state index contributed by atoms with van der Waals surface area (Å²) in [6.07, 6.45) is 1.77. The van der Waals surface area contributed by atoms with Crippen molar-refractivity contribution in [3.8, 4) is 0 Å². The minimum absolute atomic E-state index is 0.0972. The molecular weight excluding hydrogens is 522 g/mol. The lowest BCUT2D eigenvalue weighted by Gasteiger charge is -2.32. The van der Waals surface area contributed by atoms with Crippen molar-refractivity contribution in [1.82, 2.24) is 10.2 Å². The molecule has 2 amide bonds. The van der Waals surface area contributed by atoms with E-state index in [9.17, 15) is 18.0 Å². The van der Waals surface area contributed by atoms with Crippen LogP contribution in [0.15, 0.2) is 71.6 Å². The molecule has 0 heterocycles. The van der Waals surface area contributed by atoms with E-state index in [-0.39, 0.29) is 17.3 Å². The lowest BCUT2D eigenvalue weighted by Crippen LogP contribution is -2.51. The highest BCUT2D eigenvalue weighted by Crippen LogP contribution is 2.27. The van der Waals surface area contributed by atoms with Crippen LogP contribution in [0.3, 0.4) is 0 Å². The molecule has 0 bridgehead atoms.